The van der Waals surface area contributed by atoms with Crippen molar-refractivity contribution in [3.8, 4) is 5.75 Å². The maximum absolute atomic E-state index is 11.9. The van der Waals surface area contributed by atoms with E-state index in [1.54, 1.807) is 49.2 Å². The van der Waals surface area contributed by atoms with Crippen LogP contribution in [-0.2, 0) is 7.05 Å². The summed E-state index contributed by atoms with van der Waals surface area (Å²) in [6.07, 6.45) is 0. The summed E-state index contributed by atoms with van der Waals surface area (Å²) in [4.78, 5) is 11.9. The van der Waals surface area contributed by atoms with Crippen molar-refractivity contribution in [3.05, 3.63) is 41.7 Å². The molecule has 0 saturated heterocycles. The van der Waals surface area contributed by atoms with Crippen LogP contribution in [0.3, 0.4) is 0 Å². The predicted molar refractivity (Wildman–Crippen MR) is 68.9 cm³/mol. The van der Waals surface area contributed by atoms with Crippen LogP contribution in [0.15, 0.2) is 30.3 Å². The third-order valence-electron chi connectivity index (χ3n) is 2.69. The fourth-order valence-electron chi connectivity index (χ4n) is 1.54. The lowest BCUT2D eigenvalue weighted by Gasteiger charge is -2.04. The fraction of sp³-hybridized carbons (Fsp3) is 0.231. The van der Waals surface area contributed by atoms with Gasteiger partial charge < -0.3 is 10.1 Å². The van der Waals surface area contributed by atoms with Gasteiger partial charge >= 0.3 is 0 Å². The van der Waals surface area contributed by atoms with Crippen LogP contribution in [0.2, 0.25) is 0 Å². The quantitative estimate of drug-likeness (QED) is 0.899. The number of hydrogen-bond acceptors (Lipinski definition) is 3. The van der Waals surface area contributed by atoms with Crippen molar-refractivity contribution >= 4 is 11.6 Å². The van der Waals surface area contributed by atoms with Gasteiger partial charge in [0.2, 0.25) is 0 Å². The Labute approximate surface area is 105 Å². The molecule has 0 bridgehead atoms. The molecule has 0 fully saturated rings. The highest BCUT2D eigenvalue weighted by Crippen LogP contribution is 2.15. The summed E-state index contributed by atoms with van der Waals surface area (Å²) >= 11 is 0. The minimum Gasteiger partial charge on any atom is -0.497 e. The molecule has 1 aromatic carbocycles. The number of amides is 1. The number of aryl methyl sites for hydroxylation is 2. The summed E-state index contributed by atoms with van der Waals surface area (Å²) in [5, 5.41) is 6.90. The first-order chi connectivity index (χ1) is 8.60. The Kier molecular flexibility index (Phi) is 3.32. The average molecular weight is 245 g/mol. The fourth-order valence-corrected chi connectivity index (χ4v) is 1.54. The molecule has 0 spiro atoms. The summed E-state index contributed by atoms with van der Waals surface area (Å²) < 4.78 is 6.72. The van der Waals surface area contributed by atoms with E-state index < -0.39 is 0 Å². The number of hydrogen-bond donors (Lipinski definition) is 1. The Morgan fingerprint density at radius 1 is 1.33 bits per heavy atom. The number of anilines is 1. The smallest absolute Gasteiger partial charge is 0.276 e. The molecule has 5 heteroatoms. The van der Waals surface area contributed by atoms with Gasteiger partial charge in [-0.1, -0.05) is 0 Å². The Hall–Kier alpha value is -2.30. The number of benzene rings is 1. The lowest BCUT2D eigenvalue weighted by Crippen LogP contribution is -2.12. The molecule has 0 aliphatic rings. The van der Waals surface area contributed by atoms with Crippen LogP contribution in [0.1, 0.15) is 16.2 Å². The first-order valence-corrected chi connectivity index (χ1v) is 5.56. The number of carbonyl (C=O) groups is 1. The first kappa shape index (κ1) is 12.2. The van der Waals surface area contributed by atoms with Crippen LogP contribution in [0.5, 0.6) is 5.75 Å². The van der Waals surface area contributed by atoms with E-state index >= 15 is 0 Å². The molecule has 0 aliphatic heterocycles. The molecule has 0 radical (unpaired) electrons. The monoisotopic (exact) mass is 245 g/mol. The third-order valence-corrected chi connectivity index (χ3v) is 2.69. The van der Waals surface area contributed by atoms with E-state index in [1.807, 2.05) is 6.92 Å². The molecule has 18 heavy (non-hydrogen) atoms. The third kappa shape index (κ3) is 2.51. The van der Waals surface area contributed by atoms with Crippen molar-refractivity contribution in [1.29, 1.82) is 0 Å². The van der Waals surface area contributed by atoms with E-state index in [1.165, 1.54) is 0 Å². The van der Waals surface area contributed by atoms with Crippen LogP contribution in [0.25, 0.3) is 0 Å². The topological polar surface area (TPSA) is 56.1 Å². The number of nitrogens with zero attached hydrogens (tertiary/aromatic N) is 2. The van der Waals surface area contributed by atoms with Gasteiger partial charge in [-0.2, -0.15) is 5.10 Å². The molecule has 1 N–H and O–H groups in total. The van der Waals surface area contributed by atoms with E-state index in [0.29, 0.717) is 11.4 Å². The van der Waals surface area contributed by atoms with Crippen molar-refractivity contribution in [2.75, 3.05) is 12.4 Å². The van der Waals surface area contributed by atoms with E-state index in [9.17, 15) is 4.79 Å². The van der Waals surface area contributed by atoms with Gasteiger partial charge in [-0.3, -0.25) is 9.48 Å². The molecule has 0 unspecified atom stereocenters. The van der Waals surface area contributed by atoms with Crippen LogP contribution in [0.4, 0.5) is 5.69 Å². The largest absolute Gasteiger partial charge is 0.497 e. The van der Waals surface area contributed by atoms with Crippen molar-refractivity contribution in [1.82, 2.24) is 9.78 Å². The zero-order valence-corrected chi connectivity index (χ0v) is 10.6. The minimum atomic E-state index is -0.219. The van der Waals surface area contributed by atoms with Gasteiger partial charge in [-0.05, 0) is 37.3 Å². The van der Waals surface area contributed by atoms with Gasteiger partial charge in [0.05, 0.1) is 7.11 Å². The molecule has 0 saturated carbocycles. The Bertz CT molecular complexity index is 539. The minimum absolute atomic E-state index is 0.219. The molecule has 1 aromatic heterocycles. The SMILES string of the molecule is COc1ccc(NC(=O)c2cc(C)n(C)n2)cc1. The molecule has 2 aromatic rings. The van der Waals surface area contributed by atoms with Crippen LogP contribution >= 0.6 is 0 Å². The maximum Gasteiger partial charge on any atom is 0.276 e. The van der Waals surface area contributed by atoms with E-state index in [-0.39, 0.29) is 5.91 Å². The second-order valence-electron chi connectivity index (χ2n) is 3.98. The van der Waals surface area contributed by atoms with Gasteiger partial charge in [-0.25, -0.2) is 0 Å². The molecular weight excluding hydrogens is 230 g/mol. The number of rotatable bonds is 3. The highest BCUT2D eigenvalue weighted by molar-refractivity contribution is 6.02. The molecule has 1 amide bonds. The maximum atomic E-state index is 11.9. The van der Waals surface area contributed by atoms with Crippen molar-refractivity contribution < 1.29 is 9.53 Å². The molecule has 2 rings (SSSR count). The van der Waals surface area contributed by atoms with Gasteiger partial charge in [0, 0.05) is 18.4 Å². The van der Waals surface area contributed by atoms with Crippen LogP contribution < -0.4 is 10.1 Å². The Morgan fingerprint density at radius 3 is 2.50 bits per heavy atom. The normalized spacial score (nSPS) is 10.2. The van der Waals surface area contributed by atoms with Gasteiger partial charge in [0.15, 0.2) is 5.69 Å². The molecule has 0 aliphatic carbocycles. The summed E-state index contributed by atoms with van der Waals surface area (Å²) in [7, 11) is 3.41. The van der Waals surface area contributed by atoms with E-state index in [4.69, 9.17) is 4.74 Å². The number of nitrogens with one attached hydrogen (secondary N) is 1. The average Bonchev–Trinajstić information content (AvgIpc) is 2.71. The highest BCUT2D eigenvalue weighted by atomic mass is 16.5. The second kappa shape index (κ2) is 4.91. The predicted octanol–water partition coefficient (Wildman–Crippen LogP) is 1.99. The van der Waals surface area contributed by atoms with Crippen LogP contribution in [-0.4, -0.2) is 22.8 Å². The lowest BCUT2D eigenvalue weighted by atomic mass is 10.3. The number of methoxy groups -OCH3 is 1. The summed E-state index contributed by atoms with van der Waals surface area (Å²) in [6.45, 7) is 1.90. The van der Waals surface area contributed by atoms with Gasteiger partial charge in [-0.15, -0.1) is 0 Å². The van der Waals surface area contributed by atoms with Gasteiger partial charge in [0.25, 0.3) is 5.91 Å². The van der Waals surface area contributed by atoms with E-state index in [2.05, 4.69) is 10.4 Å². The lowest BCUT2D eigenvalue weighted by molar-refractivity contribution is 0.102. The zero-order chi connectivity index (χ0) is 13.1. The molecule has 5 nitrogen and oxygen atoms in total. The molecule has 1 heterocycles. The van der Waals surface area contributed by atoms with Crippen molar-refractivity contribution in [2.24, 2.45) is 7.05 Å². The Morgan fingerprint density at radius 2 is 2.00 bits per heavy atom. The zero-order valence-electron chi connectivity index (χ0n) is 10.6. The number of ether oxygens (including phenoxy) is 1. The van der Waals surface area contributed by atoms with Crippen molar-refractivity contribution in [3.63, 3.8) is 0 Å². The summed E-state index contributed by atoms with van der Waals surface area (Å²) in [5.74, 6) is 0.533. The number of aromatic nitrogens is 2. The van der Waals surface area contributed by atoms with E-state index in [0.717, 1.165) is 11.4 Å². The van der Waals surface area contributed by atoms with Crippen molar-refractivity contribution in [2.45, 2.75) is 6.92 Å². The molecular formula is C13H15N3O2. The first-order valence-electron chi connectivity index (χ1n) is 5.56. The Balaban J connectivity index is 2.10. The number of carbonyl (C=O) groups excluding carboxylic acids is 1. The van der Waals surface area contributed by atoms with Crippen LogP contribution in [0, 0.1) is 6.92 Å². The summed E-state index contributed by atoms with van der Waals surface area (Å²) in [6, 6.07) is 8.90. The second-order valence-corrected chi connectivity index (χ2v) is 3.98. The standard InChI is InChI=1S/C13H15N3O2/c1-9-8-12(15-16(9)2)13(17)14-10-4-6-11(18-3)7-5-10/h4-8H,1-3H3,(H,14,17). The molecule has 94 valence electrons. The molecule has 0 atom stereocenters. The highest BCUT2D eigenvalue weighted by Gasteiger charge is 2.10. The van der Waals surface area contributed by atoms with Gasteiger partial charge in [0.1, 0.15) is 5.75 Å². The summed E-state index contributed by atoms with van der Waals surface area (Å²) in [5.41, 5.74) is 2.06.